The Labute approximate surface area is 109 Å². The topological polar surface area (TPSA) is 63.4 Å². The SMILES string of the molecule is CN(c1cccc(S(C)(=O)=O)c1N)C1CCCC1. The fourth-order valence-electron chi connectivity index (χ4n) is 2.65. The molecule has 0 unspecified atom stereocenters. The lowest BCUT2D eigenvalue weighted by Crippen LogP contribution is -2.29. The third-order valence-electron chi connectivity index (χ3n) is 3.69. The summed E-state index contributed by atoms with van der Waals surface area (Å²) in [5, 5.41) is 0. The van der Waals surface area contributed by atoms with Gasteiger partial charge in [-0.2, -0.15) is 0 Å². The van der Waals surface area contributed by atoms with Gasteiger partial charge in [0.1, 0.15) is 0 Å². The van der Waals surface area contributed by atoms with Gasteiger partial charge in [-0.3, -0.25) is 0 Å². The Morgan fingerprint density at radius 2 is 1.89 bits per heavy atom. The van der Waals surface area contributed by atoms with E-state index < -0.39 is 9.84 Å². The van der Waals surface area contributed by atoms with E-state index in [4.69, 9.17) is 5.73 Å². The van der Waals surface area contributed by atoms with Gasteiger partial charge in [-0.15, -0.1) is 0 Å². The monoisotopic (exact) mass is 268 g/mol. The molecule has 0 aromatic heterocycles. The molecule has 0 radical (unpaired) electrons. The predicted molar refractivity (Wildman–Crippen MR) is 74.6 cm³/mol. The first-order valence-electron chi connectivity index (χ1n) is 6.22. The van der Waals surface area contributed by atoms with E-state index in [-0.39, 0.29) is 4.90 Å². The lowest BCUT2D eigenvalue weighted by molar-refractivity contribution is 0.602. The Morgan fingerprint density at radius 1 is 1.28 bits per heavy atom. The zero-order valence-corrected chi connectivity index (χ0v) is 11.7. The van der Waals surface area contributed by atoms with Crippen LogP contribution in [0.2, 0.25) is 0 Å². The number of benzene rings is 1. The summed E-state index contributed by atoms with van der Waals surface area (Å²) < 4.78 is 23.3. The summed E-state index contributed by atoms with van der Waals surface area (Å²) in [6.45, 7) is 0. The summed E-state index contributed by atoms with van der Waals surface area (Å²) in [5.74, 6) is 0. The Kier molecular flexibility index (Phi) is 3.52. The predicted octanol–water partition coefficient (Wildman–Crippen LogP) is 2.05. The molecule has 1 fully saturated rings. The summed E-state index contributed by atoms with van der Waals surface area (Å²) in [6.07, 6.45) is 5.97. The summed E-state index contributed by atoms with van der Waals surface area (Å²) in [4.78, 5) is 2.35. The summed E-state index contributed by atoms with van der Waals surface area (Å²) in [7, 11) is -1.27. The number of hydrogen-bond donors (Lipinski definition) is 1. The van der Waals surface area contributed by atoms with Crippen molar-refractivity contribution in [3.63, 3.8) is 0 Å². The van der Waals surface area contributed by atoms with Crippen molar-refractivity contribution >= 4 is 21.2 Å². The van der Waals surface area contributed by atoms with Gasteiger partial charge in [-0.1, -0.05) is 18.9 Å². The van der Waals surface area contributed by atoms with E-state index in [1.54, 1.807) is 12.1 Å². The van der Waals surface area contributed by atoms with Gasteiger partial charge in [-0.05, 0) is 25.0 Å². The van der Waals surface area contributed by atoms with Crippen molar-refractivity contribution < 1.29 is 8.42 Å². The molecule has 1 aliphatic carbocycles. The number of sulfone groups is 1. The molecule has 0 spiro atoms. The summed E-state index contributed by atoms with van der Waals surface area (Å²) in [5.41, 5.74) is 7.21. The molecule has 100 valence electrons. The standard InChI is InChI=1S/C13H20N2O2S/c1-15(10-6-3-4-7-10)11-8-5-9-12(13(11)14)18(2,16)17/h5,8-10H,3-4,6-7,14H2,1-2H3. The second kappa shape index (κ2) is 4.80. The highest BCUT2D eigenvalue weighted by molar-refractivity contribution is 7.90. The minimum atomic E-state index is -3.26. The van der Waals surface area contributed by atoms with E-state index in [2.05, 4.69) is 4.90 Å². The van der Waals surface area contributed by atoms with E-state index >= 15 is 0 Å². The maximum absolute atomic E-state index is 11.7. The van der Waals surface area contributed by atoms with E-state index in [1.165, 1.54) is 19.1 Å². The van der Waals surface area contributed by atoms with Crippen LogP contribution in [0.5, 0.6) is 0 Å². The molecule has 1 saturated carbocycles. The van der Waals surface area contributed by atoms with Gasteiger partial charge in [0, 0.05) is 19.3 Å². The van der Waals surface area contributed by atoms with Gasteiger partial charge in [0.25, 0.3) is 0 Å². The average Bonchev–Trinajstić information content (AvgIpc) is 2.80. The zero-order chi connectivity index (χ0) is 13.3. The molecule has 1 aliphatic rings. The summed E-state index contributed by atoms with van der Waals surface area (Å²) >= 11 is 0. The van der Waals surface area contributed by atoms with Crippen LogP contribution in [0.15, 0.2) is 23.1 Å². The molecule has 1 aromatic rings. The Bertz CT molecular complexity index is 534. The average molecular weight is 268 g/mol. The molecule has 1 aromatic carbocycles. The van der Waals surface area contributed by atoms with Gasteiger partial charge in [0.05, 0.1) is 16.3 Å². The molecule has 0 atom stereocenters. The second-order valence-corrected chi connectivity index (χ2v) is 6.99. The fourth-order valence-corrected chi connectivity index (χ4v) is 3.48. The molecule has 2 N–H and O–H groups in total. The number of hydrogen-bond acceptors (Lipinski definition) is 4. The van der Waals surface area contributed by atoms with Crippen molar-refractivity contribution in [1.82, 2.24) is 0 Å². The van der Waals surface area contributed by atoms with Crippen molar-refractivity contribution in [2.24, 2.45) is 0 Å². The molecule has 2 rings (SSSR count). The number of nitrogens with zero attached hydrogens (tertiary/aromatic N) is 1. The third-order valence-corrected chi connectivity index (χ3v) is 4.85. The number of nitrogen functional groups attached to an aromatic ring is 1. The van der Waals surface area contributed by atoms with Crippen molar-refractivity contribution in [3.05, 3.63) is 18.2 Å². The van der Waals surface area contributed by atoms with Crippen LogP contribution in [0, 0.1) is 0 Å². The van der Waals surface area contributed by atoms with Crippen molar-refractivity contribution in [2.75, 3.05) is 23.9 Å². The highest BCUT2D eigenvalue weighted by atomic mass is 32.2. The third kappa shape index (κ3) is 2.46. The molecule has 0 bridgehead atoms. The minimum absolute atomic E-state index is 0.227. The normalized spacial score (nSPS) is 17.0. The maximum Gasteiger partial charge on any atom is 0.177 e. The molecule has 0 aliphatic heterocycles. The van der Waals surface area contributed by atoms with Crippen molar-refractivity contribution in [1.29, 1.82) is 0 Å². The molecule has 0 saturated heterocycles. The molecule has 5 heteroatoms. The van der Waals surface area contributed by atoms with Crippen LogP contribution >= 0.6 is 0 Å². The Hall–Kier alpha value is -1.23. The first-order chi connectivity index (χ1) is 8.41. The van der Waals surface area contributed by atoms with Crippen molar-refractivity contribution in [2.45, 2.75) is 36.6 Å². The molecule has 4 nitrogen and oxygen atoms in total. The highest BCUT2D eigenvalue weighted by Crippen LogP contribution is 2.33. The van der Waals surface area contributed by atoms with E-state index in [1.807, 2.05) is 13.1 Å². The fraction of sp³-hybridized carbons (Fsp3) is 0.538. The van der Waals surface area contributed by atoms with Crippen LogP contribution in [-0.2, 0) is 9.84 Å². The number of rotatable bonds is 3. The molecular weight excluding hydrogens is 248 g/mol. The van der Waals surface area contributed by atoms with Crippen LogP contribution in [0.25, 0.3) is 0 Å². The molecular formula is C13H20N2O2S. The maximum atomic E-state index is 11.7. The number of anilines is 2. The number of para-hydroxylation sites is 1. The number of nitrogens with two attached hydrogens (primary N) is 1. The Morgan fingerprint density at radius 3 is 2.44 bits per heavy atom. The van der Waals surface area contributed by atoms with Gasteiger partial charge < -0.3 is 10.6 Å². The highest BCUT2D eigenvalue weighted by Gasteiger charge is 2.23. The largest absolute Gasteiger partial charge is 0.396 e. The first kappa shape index (κ1) is 13.2. The van der Waals surface area contributed by atoms with Gasteiger partial charge >= 0.3 is 0 Å². The van der Waals surface area contributed by atoms with E-state index in [9.17, 15) is 8.42 Å². The van der Waals surface area contributed by atoms with Crippen LogP contribution in [-0.4, -0.2) is 27.8 Å². The Balaban J connectivity index is 2.39. The first-order valence-corrected chi connectivity index (χ1v) is 8.12. The van der Waals surface area contributed by atoms with Gasteiger partial charge in [-0.25, -0.2) is 8.42 Å². The quantitative estimate of drug-likeness (QED) is 0.852. The van der Waals surface area contributed by atoms with Gasteiger partial charge in [0.2, 0.25) is 0 Å². The van der Waals surface area contributed by atoms with E-state index in [0.717, 1.165) is 18.5 Å². The molecule has 18 heavy (non-hydrogen) atoms. The van der Waals surface area contributed by atoms with E-state index in [0.29, 0.717) is 11.7 Å². The molecule has 0 amide bonds. The van der Waals surface area contributed by atoms with Crippen LogP contribution < -0.4 is 10.6 Å². The minimum Gasteiger partial charge on any atom is -0.396 e. The van der Waals surface area contributed by atoms with Crippen molar-refractivity contribution in [3.8, 4) is 0 Å². The molecule has 0 heterocycles. The lowest BCUT2D eigenvalue weighted by atomic mass is 10.1. The lowest BCUT2D eigenvalue weighted by Gasteiger charge is -2.28. The van der Waals surface area contributed by atoms with Crippen LogP contribution in [0.1, 0.15) is 25.7 Å². The summed E-state index contributed by atoms with van der Waals surface area (Å²) in [6, 6.07) is 5.69. The van der Waals surface area contributed by atoms with Crippen LogP contribution in [0.3, 0.4) is 0 Å². The zero-order valence-electron chi connectivity index (χ0n) is 10.9. The van der Waals surface area contributed by atoms with Gasteiger partial charge in [0.15, 0.2) is 9.84 Å². The van der Waals surface area contributed by atoms with Crippen LogP contribution in [0.4, 0.5) is 11.4 Å². The second-order valence-electron chi connectivity index (χ2n) is 5.01. The smallest absolute Gasteiger partial charge is 0.177 e.